The predicted octanol–water partition coefficient (Wildman–Crippen LogP) is 3.64. The van der Waals surface area contributed by atoms with Crippen molar-refractivity contribution in [1.29, 1.82) is 0 Å². The summed E-state index contributed by atoms with van der Waals surface area (Å²) in [6, 6.07) is 3.13. The zero-order valence-corrected chi connectivity index (χ0v) is 13.4. The maximum absolute atomic E-state index is 12.6. The number of aryl methyl sites for hydroxylation is 1. The van der Waals surface area contributed by atoms with Gasteiger partial charge in [0.15, 0.2) is 5.69 Å². The number of hydrogen-bond donors (Lipinski definition) is 1. The second-order valence-electron chi connectivity index (χ2n) is 4.93. The summed E-state index contributed by atoms with van der Waals surface area (Å²) in [6.45, 7) is 4.35. The van der Waals surface area contributed by atoms with Crippen LogP contribution in [0, 0.1) is 0 Å². The molecule has 0 saturated heterocycles. The first-order valence-electron chi connectivity index (χ1n) is 6.70. The van der Waals surface area contributed by atoms with Crippen LogP contribution >= 0.6 is 12.4 Å². The highest BCUT2D eigenvalue weighted by molar-refractivity contribution is 5.85. The van der Waals surface area contributed by atoms with Gasteiger partial charge in [-0.1, -0.05) is 6.92 Å². The van der Waals surface area contributed by atoms with Crippen molar-refractivity contribution in [3.8, 4) is 0 Å². The minimum atomic E-state index is -4.42. The zero-order valence-electron chi connectivity index (χ0n) is 12.6. The van der Waals surface area contributed by atoms with Crippen LogP contribution in [0.2, 0.25) is 0 Å². The van der Waals surface area contributed by atoms with Gasteiger partial charge in [-0.05, 0) is 19.4 Å². The number of aromatic nitrogens is 4. The summed E-state index contributed by atoms with van der Waals surface area (Å²) >= 11 is 0. The van der Waals surface area contributed by atoms with Gasteiger partial charge in [0.25, 0.3) is 0 Å². The summed E-state index contributed by atoms with van der Waals surface area (Å²) in [4.78, 5) is 0. The molecule has 0 amide bonds. The molecule has 2 aromatic heterocycles. The molecule has 2 heterocycles. The van der Waals surface area contributed by atoms with Crippen molar-refractivity contribution >= 4 is 18.2 Å². The minimum absolute atomic E-state index is 0. The van der Waals surface area contributed by atoms with Crippen LogP contribution in [0.4, 0.5) is 19.0 Å². The first-order chi connectivity index (χ1) is 9.81. The highest BCUT2D eigenvalue weighted by Crippen LogP contribution is 2.28. The minimum Gasteiger partial charge on any atom is -0.363 e. The van der Waals surface area contributed by atoms with E-state index in [4.69, 9.17) is 0 Å². The zero-order chi connectivity index (χ0) is 15.6. The molecule has 2 aromatic rings. The first kappa shape index (κ1) is 18.3. The van der Waals surface area contributed by atoms with Crippen LogP contribution in [0.3, 0.4) is 0 Å². The van der Waals surface area contributed by atoms with Gasteiger partial charge in [0.2, 0.25) is 0 Å². The predicted molar refractivity (Wildman–Crippen MR) is 80.0 cm³/mol. The van der Waals surface area contributed by atoms with Crippen LogP contribution in [-0.2, 0) is 19.8 Å². The Kier molecular flexibility index (Phi) is 5.87. The molecule has 1 atom stereocenters. The van der Waals surface area contributed by atoms with Gasteiger partial charge in [-0.3, -0.25) is 9.36 Å². The van der Waals surface area contributed by atoms with E-state index in [1.165, 1.54) is 11.7 Å². The lowest BCUT2D eigenvalue weighted by Crippen LogP contribution is -2.08. The maximum Gasteiger partial charge on any atom is 0.435 e. The van der Waals surface area contributed by atoms with E-state index < -0.39 is 11.9 Å². The van der Waals surface area contributed by atoms with E-state index in [0.717, 1.165) is 12.5 Å². The van der Waals surface area contributed by atoms with Crippen LogP contribution in [-0.4, -0.2) is 19.6 Å². The summed E-state index contributed by atoms with van der Waals surface area (Å²) < 4.78 is 40.7. The summed E-state index contributed by atoms with van der Waals surface area (Å²) in [5, 5.41) is 10.8. The van der Waals surface area contributed by atoms with Gasteiger partial charge in [-0.15, -0.1) is 12.4 Å². The Hall–Kier alpha value is -1.70. The molecule has 9 heteroatoms. The summed E-state index contributed by atoms with van der Waals surface area (Å²) in [7, 11) is 1.49. The van der Waals surface area contributed by atoms with Crippen LogP contribution in [0.15, 0.2) is 18.3 Å². The Labute approximate surface area is 132 Å². The summed E-state index contributed by atoms with van der Waals surface area (Å²) in [5.41, 5.74) is -0.438. The molecule has 0 radical (unpaired) electrons. The second-order valence-corrected chi connectivity index (χ2v) is 4.93. The van der Waals surface area contributed by atoms with Crippen molar-refractivity contribution in [2.24, 2.45) is 7.05 Å². The van der Waals surface area contributed by atoms with E-state index >= 15 is 0 Å². The van der Waals surface area contributed by atoms with Gasteiger partial charge in [0.1, 0.15) is 5.82 Å². The fraction of sp³-hybridized carbons (Fsp3) is 0.538. The Bertz CT molecular complexity index is 605. The third kappa shape index (κ3) is 4.16. The maximum atomic E-state index is 12.6. The average molecular weight is 338 g/mol. The largest absolute Gasteiger partial charge is 0.435 e. The van der Waals surface area contributed by atoms with Gasteiger partial charge >= 0.3 is 6.18 Å². The fourth-order valence-corrected chi connectivity index (χ4v) is 1.86. The van der Waals surface area contributed by atoms with Crippen LogP contribution in [0.1, 0.15) is 37.7 Å². The molecule has 0 spiro atoms. The average Bonchev–Trinajstić information content (AvgIpc) is 3.01. The van der Waals surface area contributed by atoms with Crippen molar-refractivity contribution in [3.63, 3.8) is 0 Å². The third-order valence-electron chi connectivity index (χ3n) is 3.37. The molecule has 0 aromatic carbocycles. The van der Waals surface area contributed by atoms with Crippen molar-refractivity contribution in [3.05, 3.63) is 29.7 Å². The lowest BCUT2D eigenvalue weighted by atomic mass is 10.3. The smallest absolute Gasteiger partial charge is 0.363 e. The molecular weight excluding hydrogens is 319 g/mol. The van der Waals surface area contributed by atoms with Gasteiger partial charge < -0.3 is 5.32 Å². The molecule has 22 heavy (non-hydrogen) atoms. The number of halogens is 4. The number of nitrogens with one attached hydrogen (secondary N) is 1. The molecule has 0 saturated carbocycles. The Balaban J connectivity index is 0.00000242. The van der Waals surface area contributed by atoms with Crippen LogP contribution < -0.4 is 5.32 Å². The molecule has 1 N–H and O–H groups in total. The SMILES string of the molecule is CCC(C)n1ccc(NCc2cc(C(F)(F)F)nn2C)n1.Cl. The molecule has 2 rings (SSSR count). The molecule has 1 unspecified atom stereocenters. The van der Waals surface area contributed by atoms with E-state index in [-0.39, 0.29) is 25.0 Å². The summed E-state index contributed by atoms with van der Waals surface area (Å²) in [6.07, 6.45) is -1.62. The third-order valence-corrected chi connectivity index (χ3v) is 3.37. The van der Waals surface area contributed by atoms with Gasteiger partial charge in [0, 0.05) is 25.4 Å². The molecule has 0 bridgehead atoms. The van der Waals surface area contributed by atoms with Crippen LogP contribution in [0.25, 0.3) is 0 Å². The van der Waals surface area contributed by atoms with Crippen molar-refractivity contribution < 1.29 is 13.2 Å². The number of anilines is 1. The molecular formula is C13H19ClF3N5. The molecule has 0 aliphatic carbocycles. The molecule has 0 aliphatic rings. The van der Waals surface area contributed by atoms with Crippen molar-refractivity contribution in [1.82, 2.24) is 19.6 Å². The van der Waals surface area contributed by atoms with Crippen molar-refractivity contribution in [2.45, 2.75) is 39.0 Å². The Morgan fingerprint density at radius 1 is 1.32 bits per heavy atom. The van der Waals surface area contributed by atoms with E-state index in [2.05, 4.69) is 22.4 Å². The van der Waals surface area contributed by atoms with E-state index in [1.54, 1.807) is 6.07 Å². The fourth-order valence-electron chi connectivity index (χ4n) is 1.86. The number of alkyl halides is 3. The van der Waals surface area contributed by atoms with Crippen molar-refractivity contribution in [2.75, 3.05) is 5.32 Å². The lowest BCUT2D eigenvalue weighted by Gasteiger charge is -2.08. The quantitative estimate of drug-likeness (QED) is 0.906. The summed E-state index contributed by atoms with van der Waals surface area (Å²) in [5.74, 6) is 0.630. The molecule has 124 valence electrons. The standard InChI is InChI=1S/C13H18F3N5.ClH/c1-4-9(2)21-6-5-12(19-21)17-8-10-7-11(13(14,15)16)18-20(10)3;/h5-7,9H,4,8H2,1-3H3,(H,17,19);1H. The highest BCUT2D eigenvalue weighted by Gasteiger charge is 2.34. The lowest BCUT2D eigenvalue weighted by molar-refractivity contribution is -0.141. The van der Waals surface area contributed by atoms with Crippen LogP contribution in [0.5, 0.6) is 0 Å². The number of hydrogen-bond acceptors (Lipinski definition) is 3. The molecule has 0 aliphatic heterocycles. The Morgan fingerprint density at radius 3 is 2.55 bits per heavy atom. The van der Waals surface area contributed by atoms with E-state index in [9.17, 15) is 13.2 Å². The van der Waals surface area contributed by atoms with Gasteiger partial charge in [-0.25, -0.2) is 0 Å². The van der Waals surface area contributed by atoms with Gasteiger partial charge in [-0.2, -0.15) is 23.4 Å². The first-order valence-corrected chi connectivity index (χ1v) is 6.70. The second kappa shape index (κ2) is 7.04. The normalized spacial score (nSPS) is 12.8. The monoisotopic (exact) mass is 337 g/mol. The molecule has 5 nitrogen and oxygen atoms in total. The van der Waals surface area contributed by atoms with E-state index in [1.807, 2.05) is 17.8 Å². The molecule has 0 fully saturated rings. The highest BCUT2D eigenvalue weighted by atomic mass is 35.5. The topological polar surface area (TPSA) is 47.7 Å². The Morgan fingerprint density at radius 2 is 2.00 bits per heavy atom. The van der Waals surface area contributed by atoms with Gasteiger partial charge in [0.05, 0.1) is 12.2 Å². The van der Waals surface area contributed by atoms with E-state index in [0.29, 0.717) is 11.5 Å². The number of nitrogens with zero attached hydrogens (tertiary/aromatic N) is 4. The number of rotatable bonds is 5.